The first-order valence-corrected chi connectivity index (χ1v) is 10.5. The minimum Gasteiger partial charge on any atom is -0.396 e. The second kappa shape index (κ2) is 11.3. The van der Waals surface area contributed by atoms with Crippen molar-refractivity contribution in [3.05, 3.63) is 0 Å². The first-order chi connectivity index (χ1) is 12.2. The first kappa shape index (κ1) is 20.9. The molecule has 2 fully saturated rings. The fourth-order valence-electron chi connectivity index (χ4n) is 4.97. The molecule has 1 saturated heterocycles. The third-order valence-electron chi connectivity index (χ3n) is 6.52. The summed E-state index contributed by atoms with van der Waals surface area (Å²) < 4.78 is 5.96. The average molecular weight is 355 g/mol. The highest BCUT2D eigenvalue weighted by molar-refractivity contribution is 5.48. The molecule has 3 unspecified atom stereocenters. The summed E-state index contributed by atoms with van der Waals surface area (Å²) in [5.41, 5.74) is 0. The molecule has 0 aromatic rings. The quantitative estimate of drug-likeness (QED) is 0.368. The van der Waals surface area contributed by atoms with Gasteiger partial charge in [-0.15, -0.1) is 0 Å². The van der Waals surface area contributed by atoms with Crippen molar-refractivity contribution < 1.29 is 19.7 Å². The Morgan fingerprint density at radius 1 is 1.12 bits per heavy atom. The highest BCUT2D eigenvalue weighted by Gasteiger charge is 2.47. The third kappa shape index (κ3) is 6.33. The van der Waals surface area contributed by atoms with Crippen molar-refractivity contribution in [3.63, 3.8) is 0 Å². The number of aliphatic hydroxyl groups excluding tert-OH is 2. The van der Waals surface area contributed by atoms with Crippen LogP contribution in [-0.2, 0) is 9.53 Å². The van der Waals surface area contributed by atoms with E-state index in [4.69, 9.17) is 4.74 Å². The standard InChI is InChI=1S/C21H38O4/c1-2-3-7-18(24)9-11-19-17-13-21(25-15-17)20(19)10-8-16(14-23)6-4-5-12-22/h12,16-21,23-24H,2-11,13-15H2,1H3/t16?,17-,18-,19?,20?,21-/m0/s1. The maximum atomic E-state index is 10.5. The molecule has 1 heterocycles. The van der Waals surface area contributed by atoms with Crippen LogP contribution in [0.3, 0.4) is 0 Å². The lowest BCUT2D eigenvalue weighted by Crippen LogP contribution is -2.30. The van der Waals surface area contributed by atoms with Gasteiger partial charge in [0.15, 0.2) is 0 Å². The van der Waals surface area contributed by atoms with Gasteiger partial charge in [0.2, 0.25) is 0 Å². The van der Waals surface area contributed by atoms with Gasteiger partial charge in [-0.3, -0.25) is 0 Å². The van der Waals surface area contributed by atoms with Gasteiger partial charge in [0.1, 0.15) is 6.29 Å². The van der Waals surface area contributed by atoms with Crippen LogP contribution in [0, 0.1) is 23.7 Å². The van der Waals surface area contributed by atoms with Crippen molar-refractivity contribution in [2.24, 2.45) is 23.7 Å². The number of fused-ring (bicyclic) bond motifs is 2. The molecule has 146 valence electrons. The molecule has 1 aliphatic heterocycles. The second-order valence-corrected chi connectivity index (χ2v) is 8.29. The van der Waals surface area contributed by atoms with Gasteiger partial charge in [-0.05, 0) is 75.0 Å². The smallest absolute Gasteiger partial charge is 0.119 e. The normalized spacial score (nSPS) is 30.5. The van der Waals surface area contributed by atoms with Crippen LogP contribution in [0.4, 0.5) is 0 Å². The monoisotopic (exact) mass is 354 g/mol. The van der Waals surface area contributed by atoms with Gasteiger partial charge >= 0.3 is 0 Å². The topological polar surface area (TPSA) is 66.8 Å². The van der Waals surface area contributed by atoms with Gasteiger partial charge in [-0.1, -0.05) is 19.8 Å². The van der Waals surface area contributed by atoms with Gasteiger partial charge in [0.05, 0.1) is 18.8 Å². The number of hydrogen-bond acceptors (Lipinski definition) is 4. The molecule has 1 saturated carbocycles. The van der Waals surface area contributed by atoms with Crippen molar-refractivity contribution in [2.75, 3.05) is 13.2 Å². The van der Waals surface area contributed by atoms with E-state index in [9.17, 15) is 15.0 Å². The summed E-state index contributed by atoms with van der Waals surface area (Å²) in [5.74, 6) is 2.27. The van der Waals surface area contributed by atoms with Crippen molar-refractivity contribution in [3.8, 4) is 0 Å². The first-order valence-electron chi connectivity index (χ1n) is 10.5. The molecule has 0 aromatic carbocycles. The number of carbonyl (C=O) groups excluding carboxylic acids is 1. The Morgan fingerprint density at radius 2 is 1.92 bits per heavy atom. The van der Waals surface area contributed by atoms with E-state index in [2.05, 4.69) is 6.92 Å². The average Bonchev–Trinajstić information content (AvgIpc) is 3.22. The highest BCUT2D eigenvalue weighted by Crippen LogP contribution is 2.49. The van der Waals surface area contributed by atoms with Gasteiger partial charge in [0, 0.05) is 13.0 Å². The molecule has 2 rings (SSSR count). The van der Waals surface area contributed by atoms with Crippen molar-refractivity contribution >= 4 is 6.29 Å². The van der Waals surface area contributed by atoms with Crippen LogP contribution >= 0.6 is 0 Å². The predicted octanol–water partition coefficient (Wildman–Crippen LogP) is 3.73. The second-order valence-electron chi connectivity index (χ2n) is 8.29. The van der Waals surface area contributed by atoms with Crippen molar-refractivity contribution in [2.45, 2.75) is 89.8 Å². The Balaban J connectivity index is 1.77. The number of aldehydes is 1. The van der Waals surface area contributed by atoms with Crippen LogP contribution in [0.2, 0.25) is 0 Å². The van der Waals surface area contributed by atoms with Crippen LogP contribution in [0.5, 0.6) is 0 Å². The van der Waals surface area contributed by atoms with E-state index in [-0.39, 0.29) is 12.7 Å². The molecule has 2 bridgehead atoms. The van der Waals surface area contributed by atoms with Gasteiger partial charge in [0.25, 0.3) is 0 Å². The molecule has 6 atom stereocenters. The number of rotatable bonds is 14. The zero-order valence-electron chi connectivity index (χ0n) is 15.9. The molecule has 25 heavy (non-hydrogen) atoms. The Bertz CT molecular complexity index is 373. The maximum Gasteiger partial charge on any atom is 0.119 e. The molecule has 0 spiro atoms. The number of unbranched alkanes of at least 4 members (excludes halogenated alkanes) is 2. The molecule has 2 N–H and O–H groups in total. The van der Waals surface area contributed by atoms with E-state index in [1.165, 1.54) is 6.42 Å². The molecule has 0 radical (unpaired) electrons. The third-order valence-corrected chi connectivity index (χ3v) is 6.52. The van der Waals surface area contributed by atoms with Crippen LogP contribution in [0.1, 0.15) is 77.6 Å². The predicted molar refractivity (Wildman–Crippen MR) is 99.3 cm³/mol. The van der Waals surface area contributed by atoms with Gasteiger partial charge < -0.3 is 19.7 Å². The Kier molecular flexibility index (Phi) is 9.43. The lowest BCUT2D eigenvalue weighted by molar-refractivity contribution is -0.108. The summed E-state index contributed by atoms with van der Waals surface area (Å²) in [6.07, 6.45) is 12.2. The summed E-state index contributed by atoms with van der Waals surface area (Å²) in [6.45, 7) is 3.29. The van der Waals surface area contributed by atoms with Crippen LogP contribution in [0.15, 0.2) is 0 Å². The molecule has 4 heteroatoms. The SMILES string of the molecule is CCCC[C@H](O)CCC1C(CCC(CO)CCCC=O)[C@@H]2C[C@H]1CO2. The molecular weight excluding hydrogens is 316 g/mol. The van der Waals surface area contributed by atoms with Gasteiger partial charge in [-0.25, -0.2) is 0 Å². The lowest BCUT2D eigenvalue weighted by Gasteiger charge is -2.32. The fraction of sp³-hybridized carbons (Fsp3) is 0.952. The lowest BCUT2D eigenvalue weighted by atomic mass is 9.79. The largest absolute Gasteiger partial charge is 0.396 e. The van der Waals surface area contributed by atoms with E-state index in [1.807, 2.05) is 0 Å². The molecule has 2 aliphatic rings. The molecule has 4 nitrogen and oxygen atoms in total. The summed E-state index contributed by atoms with van der Waals surface area (Å²) in [7, 11) is 0. The molecular formula is C21H38O4. The Hall–Kier alpha value is -0.450. The fourth-order valence-corrected chi connectivity index (χ4v) is 4.97. The number of aliphatic hydroxyl groups is 2. The van der Waals surface area contributed by atoms with E-state index in [0.717, 1.165) is 70.7 Å². The number of carbonyl (C=O) groups is 1. The molecule has 1 aliphatic carbocycles. The number of ether oxygens (including phenoxy) is 1. The van der Waals surface area contributed by atoms with Crippen LogP contribution < -0.4 is 0 Å². The summed E-state index contributed by atoms with van der Waals surface area (Å²) >= 11 is 0. The molecule has 0 aromatic heterocycles. The summed E-state index contributed by atoms with van der Waals surface area (Å²) in [4.78, 5) is 10.5. The van der Waals surface area contributed by atoms with E-state index in [0.29, 0.717) is 36.2 Å². The summed E-state index contributed by atoms with van der Waals surface area (Å²) in [5, 5.41) is 19.8. The number of hydrogen-bond donors (Lipinski definition) is 2. The summed E-state index contributed by atoms with van der Waals surface area (Å²) in [6, 6.07) is 0. The minimum absolute atomic E-state index is 0.144. The maximum absolute atomic E-state index is 10.5. The molecule has 0 amide bonds. The zero-order valence-corrected chi connectivity index (χ0v) is 15.9. The van der Waals surface area contributed by atoms with Crippen molar-refractivity contribution in [1.82, 2.24) is 0 Å². The highest BCUT2D eigenvalue weighted by atomic mass is 16.5. The van der Waals surface area contributed by atoms with Crippen molar-refractivity contribution in [1.29, 1.82) is 0 Å². The van der Waals surface area contributed by atoms with Crippen LogP contribution in [0.25, 0.3) is 0 Å². The minimum atomic E-state index is -0.144. The van der Waals surface area contributed by atoms with E-state index >= 15 is 0 Å². The van der Waals surface area contributed by atoms with E-state index in [1.54, 1.807) is 0 Å². The van der Waals surface area contributed by atoms with E-state index < -0.39 is 0 Å². The zero-order chi connectivity index (χ0) is 18.1. The van der Waals surface area contributed by atoms with Crippen LogP contribution in [-0.4, -0.2) is 41.9 Å². The Labute approximate surface area is 153 Å². The van der Waals surface area contributed by atoms with Gasteiger partial charge in [-0.2, -0.15) is 0 Å². The Morgan fingerprint density at radius 3 is 2.64 bits per heavy atom.